The molecule has 0 unspecified atom stereocenters. The van der Waals surface area contributed by atoms with E-state index in [-0.39, 0.29) is 6.61 Å². The van der Waals surface area contributed by atoms with Crippen LogP contribution in [0.15, 0.2) is 22.7 Å². The van der Waals surface area contributed by atoms with Gasteiger partial charge in [-0.1, -0.05) is 29.8 Å². The fraction of sp³-hybridized carbons (Fsp3) is 0.462. The van der Waals surface area contributed by atoms with Crippen LogP contribution in [0.3, 0.4) is 0 Å². The number of carbonyl (C=O) groups is 1. The predicted octanol–water partition coefficient (Wildman–Crippen LogP) is 2.86. The Hall–Kier alpha value is -1.07. The van der Waals surface area contributed by atoms with Crippen LogP contribution in [0.5, 0.6) is 0 Å². The second kappa shape index (κ2) is 7.38. The van der Waals surface area contributed by atoms with Gasteiger partial charge in [0, 0.05) is 16.8 Å². The highest BCUT2D eigenvalue weighted by Crippen LogP contribution is 2.19. The van der Waals surface area contributed by atoms with Crippen molar-refractivity contribution < 1.29 is 14.3 Å². The maximum Gasteiger partial charge on any atom is 0.340 e. The first-order chi connectivity index (χ1) is 8.50. The van der Waals surface area contributed by atoms with Gasteiger partial charge in [-0.05, 0) is 24.1 Å². The molecule has 2 N–H and O–H groups in total. The van der Waals surface area contributed by atoms with Crippen molar-refractivity contribution in [1.29, 1.82) is 0 Å². The number of hydrogen-bond acceptors (Lipinski definition) is 4. The molecule has 0 aliphatic carbocycles. The fourth-order valence-corrected chi connectivity index (χ4v) is 1.69. The summed E-state index contributed by atoms with van der Waals surface area (Å²) in [5.41, 5.74) is 6.51. The first-order valence-electron chi connectivity index (χ1n) is 5.80. The number of rotatable bonds is 6. The van der Waals surface area contributed by atoms with Crippen molar-refractivity contribution in [3.8, 4) is 0 Å². The number of carbonyl (C=O) groups excluding carboxylic acids is 1. The van der Waals surface area contributed by atoms with Crippen molar-refractivity contribution in [2.75, 3.05) is 25.6 Å². The molecule has 0 spiro atoms. The molecule has 0 amide bonds. The second-order valence-corrected chi connectivity index (χ2v) is 5.25. The Bertz CT molecular complexity index is 407. The van der Waals surface area contributed by atoms with Crippen LogP contribution < -0.4 is 5.73 Å². The Morgan fingerprint density at radius 3 is 2.72 bits per heavy atom. The summed E-state index contributed by atoms with van der Waals surface area (Å²) in [5.74, 6) is 0.0518. The van der Waals surface area contributed by atoms with Crippen molar-refractivity contribution in [3.63, 3.8) is 0 Å². The number of anilines is 1. The summed E-state index contributed by atoms with van der Waals surface area (Å²) in [6.07, 6.45) is 0. The fourth-order valence-electron chi connectivity index (χ4n) is 1.31. The second-order valence-electron chi connectivity index (χ2n) is 4.34. The lowest BCUT2D eigenvalue weighted by atomic mass is 10.2. The van der Waals surface area contributed by atoms with Crippen LogP contribution in [0.4, 0.5) is 5.69 Å². The van der Waals surface area contributed by atoms with Crippen LogP contribution in [-0.2, 0) is 9.47 Å². The number of nitrogen functional groups attached to an aromatic ring is 1. The zero-order valence-electron chi connectivity index (χ0n) is 10.6. The van der Waals surface area contributed by atoms with Crippen molar-refractivity contribution in [2.45, 2.75) is 13.8 Å². The summed E-state index contributed by atoms with van der Waals surface area (Å²) >= 11 is 3.28. The molecule has 0 fully saturated rings. The number of halogens is 1. The molecule has 5 heteroatoms. The Balaban J connectivity index is 2.36. The molecule has 4 nitrogen and oxygen atoms in total. The number of benzene rings is 1. The largest absolute Gasteiger partial charge is 0.460 e. The lowest BCUT2D eigenvalue weighted by Crippen LogP contribution is -2.13. The summed E-state index contributed by atoms with van der Waals surface area (Å²) in [7, 11) is 0. The summed E-state index contributed by atoms with van der Waals surface area (Å²) in [4.78, 5) is 11.7. The van der Waals surface area contributed by atoms with Gasteiger partial charge < -0.3 is 15.2 Å². The summed E-state index contributed by atoms with van der Waals surface area (Å²) in [6, 6.07) is 5.06. The normalized spacial score (nSPS) is 10.7. The van der Waals surface area contributed by atoms with Crippen LogP contribution in [-0.4, -0.2) is 25.8 Å². The molecule has 1 aromatic rings. The third-order valence-electron chi connectivity index (χ3n) is 2.15. The van der Waals surface area contributed by atoms with Gasteiger partial charge in [0.1, 0.15) is 6.61 Å². The first-order valence-corrected chi connectivity index (χ1v) is 6.60. The SMILES string of the molecule is CC(C)COCCOC(=O)c1ccc(Br)cc1N. The van der Waals surface area contributed by atoms with E-state index in [1.807, 2.05) is 0 Å². The van der Waals surface area contributed by atoms with E-state index >= 15 is 0 Å². The van der Waals surface area contributed by atoms with Gasteiger partial charge in [-0.25, -0.2) is 4.79 Å². The van der Waals surface area contributed by atoms with E-state index in [0.29, 0.717) is 30.4 Å². The van der Waals surface area contributed by atoms with Crippen molar-refractivity contribution in [3.05, 3.63) is 28.2 Å². The minimum absolute atomic E-state index is 0.237. The quantitative estimate of drug-likeness (QED) is 0.498. The molecule has 0 atom stereocenters. The molecule has 1 aromatic carbocycles. The first kappa shape index (κ1) is 15.0. The average Bonchev–Trinajstić information content (AvgIpc) is 2.27. The molecule has 0 aliphatic rings. The van der Waals surface area contributed by atoms with Gasteiger partial charge in [-0.15, -0.1) is 0 Å². The maximum atomic E-state index is 11.7. The van der Waals surface area contributed by atoms with Crippen LogP contribution in [0.1, 0.15) is 24.2 Å². The zero-order valence-corrected chi connectivity index (χ0v) is 12.2. The Morgan fingerprint density at radius 2 is 2.11 bits per heavy atom. The Kier molecular flexibility index (Phi) is 6.15. The average molecular weight is 316 g/mol. The molecule has 0 aliphatic heterocycles. The number of nitrogens with two attached hydrogens (primary N) is 1. The van der Waals surface area contributed by atoms with E-state index in [0.717, 1.165) is 4.47 Å². The maximum absolute atomic E-state index is 11.7. The monoisotopic (exact) mass is 315 g/mol. The lowest BCUT2D eigenvalue weighted by molar-refractivity contribution is 0.0278. The van der Waals surface area contributed by atoms with Gasteiger partial charge in [-0.2, -0.15) is 0 Å². The van der Waals surface area contributed by atoms with Gasteiger partial charge in [0.05, 0.1) is 12.2 Å². The van der Waals surface area contributed by atoms with Crippen LogP contribution in [0.2, 0.25) is 0 Å². The molecule has 1 rings (SSSR count). The summed E-state index contributed by atoms with van der Waals surface area (Å²) in [6.45, 7) is 5.43. The molecular formula is C13H18BrNO3. The van der Waals surface area contributed by atoms with Crippen LogP contribution in [0.25, 0.3) is 0 Å². The predicted molar refractivity (Wildman–Crippen MR) is 74.5 cm³/mol. The van der Waals surface area contributed by atoms with Gasteiger partial charge in [0.2, 0.25) is 0 Å². The van der Waals surface area contributed by atoms with Gasteiger partial charge in [-0.3, -0.25) is 0 Å². The molecule has 100 valence electrons. The van der Waals surface area contributed by atoms with E-state index in [4.69, 9.17) is 15.2 Å². The molecule has 0 bridgehead atoms. The van der Waals surface area contributed by atoms with Gasteiger partial charge in [0.25, 0.3) is 0 Å². The van der Waals surface area contributed by atoms with E-state index in [9.17, 15) is 4.79 Å². The van der Waals surface area contributed by atoms with Crippen molar-refractivity contribution in [2.24, 2.45) is 5.92 Å². The highest BCUT2D eigenvalue weighted by Gasteiger charge is 2.11. The molecule has 0 radical (unpaired) electrons. The lowest BCUT2D eigenvalue weighted by Gasteiger charge is -2.09. The van der Waals surface area contributed by atoms with E-state index in [2.05, 4.69) is 29.8 Å². The van der Waals surface area contributed by atoms with E-state index in [1.54, 1.807) is 18.2 Å². The third-order valence-corrected chi connectivity index (χ3v) is 2.64. The highest BCUT2D eigenvalue weighted by atomic mass is 79.9. The molecule has 18 heavy (non-hydrogen) atoms. The smallest absolute Gasteiger partial charge is 0.340 e. The minimum atomic E-state index is -0.423. The van der Waals surface area contributed by atoms with Gasteiger partial charge in [0.15, 0.2) is 0 Å². The Morgan fingerprint density at radius 1 is 1.39 bits per heavy atom. The van der Waals surface area contributed by atoms with Crippen LogP contribution >= 0.6 is 15.9 Å². The molecule has 0 heterocycles. The van der Waals surface area contributed by atoms with E-state index < -0.39 is 5.97 Å². The van der Waals surface area contributed by atoms with Gasteiger partial charge >= 0.3 is 5.97 Å². The summed E-state index contributed by atoms with van der Waals surface area (Å²) in [5, 5.41) is 0. The number of ether oxygens (including phenoxy) is 2. The Labute approximate surface area is 116 Å². The third kappa shape index (κ3) is 5.06. The summed E-state index contributed by atoms with van der Waals surface area (Å²) < 4.78 is 11.2. The molecule has 0 saturated carbocycles. The zero-order chi connectivity index (χ0) is 13.5. The molecule has 0 saturated heterocycles. The van der Waals surface area contributed by atoms with Crippen molar-refractivity contribution in [1.82, 2.24) is 0 Å². The number of esters is 1. The van der Waals surface area contributed by atoms with Crippen LogP contribution in [0, 0.1) is 5.92 Å². The molecule has 0 aromatic heterocycles. The van der Waals surface area contributed by atoms with E-state index in [1.165, 1.54) is 0 Å². The number of hydrogen-bond donors (Lipinski definition) is 1. The topological polar surface area (TPSA) is 61.5 Å². The molecular weight excluding hydrogens is 298 g/mol. The standard InChI is InChI=1S/C13H18BrNO3/c1-9(2)8-17-5-6-18-13(16)11-4-3-10(14)7-12(11)15/h3-4,7,9H,5-6,8,15H2,1-2H3. The highest BCUT2D eigenvalue weighted by molar-refractivity contribution is 9.10. The van der Waals surface area contributed by atoms with Crippen molar-refractivity contribution >= 4 is 27.6 Å². The minimum Gasteiger partial charge on any atom is -0.460 e.